The average molecular weight is 361 g/mol. The molecule has 2 rings (SSSR count). The van der Waals surface area contributed by atoms with Gasteiger partial charge in [0.2, 0.25) is 0 Å². The zero-order valence-electron chi connectivity index (χ0n) is 15.3. The Labute approximate surface area is 152 Å². The highest BCUT2D eigenvalue weighted by atomic mass is 19.1. The Morgan fingerprint density at radius 3 is 2.54 bits per heavy atom. The van der Waals surface area contributed by atoms with Crippen LogP contribution in [0.3, 0.4) is 0 Å². The van der Waals surface area contributed by atoms with Crippen LogP contribution >= 0.6 is 0 Å². The summed E-state index contributed by atoms with van der Waals surface area (Å²) in [5.74, 6) is -1.27. The van der Waals surface area contributed by atoms with E-state index in [1.165, 1.54) is 12.1 Å². The number of nitrogens with one attached hydrogen (secondary N) is 1. The SMILES string of the molecule is CCCCCNC(=O)COC(=O)c1c(C)nn(-c2ccc(F)cc2)c1C. The van der Waals surface area contributed by atoms with Crippen LogP contribution in [0, 0.1) is 19.7 Å². The third-order valence-electron chi connectivity index (χ3n) is 4.00. The van der Waals surface area contributed by atoms with E-state index in [2.05, 4.69) is 17.3 Å². The van der Waals surface area contributed by atoms with E-state index in [1.54, 1.807) is 30.7 Å². The number of carbonyl (C=O) groups excluding carboxylic acids is 2. The first kappa shape index (κ1) is 19.6. The fourth-order valence-corrected chi connectivity index (χ4v) is 2.63. The number of ether oxygens (including phenoxy) is 1. The number of hydrogen-bond acceptors (Lipinski definition) is 4. The first-order chi connectivity index (χ1) is 12.4. The van der Waals surface area contributed by atoms with Crippen LogP contribution in [0.2, 0.25) is 0 Å². The van der Waals surface area contributed by atoms with E-state index in [1.807, 2.05) is 0 Å². The van der Waals surface area contributed by atoms with Crippen LogP contribution in [-0.4, -0.2) is 34.8 Å². The minimum atomic E-state index is -0.600. The predicted octanol–water partition coefficient (Wildman–Crippen LogP) is 3.09. The molecule has 0 saturated carbocycles. The van der Waals surface area contributed by atoms with Gasteiger partial charge < -0.3 is 10.1 Å². The van der Waals surface area contributed by atoms with Crippen molar-refractivity contribution < 1.29 is 18.7 Å². The number of rotatable bonds is 8. The van der Waals surface area contributed by atoms with Gasteiger partial charge >= 0.3 is 5.97 Å². The molecule has 0 aliphatic carbocycles. The molecule has 0 bridgehead atoms. The molecule has 0 radical (unpaired) electrons. The Kier molecular flexibility index (Phi) is 6.89. The second kappa shape index (κ2) is 9.12. The number of aryl methyl sites for hydroxylation is 1. The highest BCUT2D eigenvalue weighted by Crippen LogP contribution is 2.19. The van der Waals surface area contributed by atoms with Crippen molar-refractivity contribution in [1.29, 1.82) is 0 Å². The zero-order valence-corrected chi connectivity index (χ0v) is 15.3. The molecule has 0 aliphatic heterocycles. The molecule has 1 N–H and O–H groups in total. The lowest BCUT2D eigenvalue weighted by Gasteiger charge is -2.07. The van der Waals surface area contributed by atoms with Crippen molar-refractivity contribution in [2.75, 3.05) is 13.2 Å². The summed E-state index contributed by atoms with van der Waals surface area (Å²) in [5, 5.41) is 7.04. The van der Waals surface area contributed by atoms with Gasteiger partial charge in [0, 0.05) is 6.54 Å². The van der Waals surface area contributed by atoms with Crippen molar-refractivity contribution in [2.45, 2.75) is 40.0 Å². The molecule has 0 saturated heterocycles. The summed E-state index contributed by atoms with van der Waals surface area (Å²) >= 11 is 0. The molecule has 0 fully saturated rings. The van der Waals surface area contributed by atoms with Gasteiger partial charge in [0.1, 0.15) is 11.4 Å². The van der Waals surface area contributed by atoms with Crippen LogP contribution in [0.5, 0.6) is 0 Å². The van der Waals surface area contributed by atoms with Crippen LogP contribution in [-0.2, 0) is 9.53 Å². The molecule has 140 valence electrons. The zero-order chi connectivity index (χ0) is 19.1. The Morgan fingerprint density at radius 1 is 1.19 bits per heavy atom. The van der Waals surface area contributed by atoms with E-state index >= 15 is 0 Å². The molecule has 0 atom stereocenters. The maximum Gasteiger partial charge on any atom is 0.342 e. The van der Waals surface area contributed by atoms with E-state index in [-0.39, 0.29) is 18.3 Å². The van der Waals surface area contributed by atoms with E-state index in [0.717, 1.165) is 19.3 Å². The quantitative estimate of drug-likeness (QED) is 0.579. The average Bonchev–Trinajstić information content (AvgIpc) is 2.92. The number of amides is 1. The molecule has 0 aliphatic rings. The van der Waals surface area contributed by atoms with Gasteiger partial charge in [0.05, 0.1) is 17.1 Å². The smallest absolute Gasteiger partial charge is 0.342 e. The fraction of sp³-hybridized carbons (Fsp3) is 0.421. The number of nitrogens with zero attached hydrogens (tertiary/aromatic N) is 2. The van der Waals surface area contributed by atoms with Gasteiger partial charge in [-0.2, -0.15) is 5.10 Å². The fourth-order valence-electron chi connectivity index (χ4n) is 2.63. The van der Waals surface area contributed by atoms with Crippen molar-refractivity contribution in [1.82, 2.24) is 15.1 Å². The summed E-state index contributed by atoms with van der Waals surface area (Å²) in [6.45, 7) is 5.75. The van der Waals surface area contributed by atoms with Gasteiger partial charge in [-0.25, -0.2) is 13.9 Å². The summed E-state index contributed by atoms with van der Waals surface area (Å²) in [6, 6.07) is 5.81. The van der Waals surface area contributed by atoms with E-state index in [9.17, 15) is 14.0 Å². The highest BCUT2D eigenvalue weighted by Gasteiger charge is 2.21. The van der Waals surface area contributed by atoms with Gasteiger partial charge in [-0.05, 0) is 44.5 Å². The third kappa shape index (κ3) is 4.91. The van der Waals surface area contributed by atoms with Gasteiger partial charge in [0.15, 0.2) is 6.61 Å². The molecule has 1 amide bonds. The highest BCUT2D eigenvalue weighted by molar-refractivity contribution is 5.93. The summed E-state index contributed by atoms with van der Waals surface area (Å²) < 4.78 is 19.7. The lowest BCUT2D eigenvalue weighted by Crippen LogP contribution is -2.29. The second-order valence-electron chi connectivity index (χ2n) is 6.07. The maximum absolute atomic E-state index is 13.1. The topological polar surface area (TPSA) is 73.2 Å². The molecule has 1 heterocycles. The Hall–Kier alpha value is -2.70. The summed E-state index contributed by atoms with van der Waals surface area (Å²) in [5.41, 5.74) is 2.01. The minimum Gasteiger partial charge on any atom is -0.452 e. The van der Waals surface area contributed by atoms with Gasteiger partial charge in [0.25, 0.3) is 5.91 Å². The number of esters is 1. The van der Waals surface area contributed by atoms with Crippen LogP contribution in [0.4, 0.5) is 4.39 Å². The largest absolute Gasteiger partial charge is 0.452 e. The predicted molar refractivity (Wildman–Crippen MR) is 95.8 cm³/mol. The normalized spacial score (nSPS) is 10.6. The molecule has 0 unspecified atom stereocenters. The van der Waals surface area contributed by atoms with Crippen LogP contribution in [0.1, 0.15) is 47.9 Å². The number of carbonyl (C=O) groups is 2. The van der Waals surface area contributed by atoms with Crippen molar-refractivity contribution in [3.8, 4) is 5.69 Å². The molecule has 1 aromatic carbocycles. The standard InChI is InChI=1S/C19H24FN3O3/c1-4-5-6-11-21-17(24)12-26-19(25)18-13(2)22-23(14(18)3)16-9-7-15(20)8-10-16/h7-10H,4-6,11-12H2,1-3H3,(H,21,24). The molecule has 0 spiro atoms. The van der Waals surface area contributed by atoms with E-state index in [0.29, 0.717) is 29.2 Å². The number of benzene rings is 1. The third-order valence-corrected chi connectivity index (χ3v) is 4.00. The number of halogens is 1. The summed E-state index contributed by atoms with van der Waals surface area (Å²) in [7, 11) is 0. The van der Waals surface area contributed by atoms with E-state index < -0.39 is 5.97 Å². The monoisotopic (exact) mass is 361 g/mol. The molecule has 7 heteroatoms. The Balaban J connectivity index is 2.01. The van der Waals surface area contributed by atoms with Gasteiger partial charge in [-0.15, -0.1) is 0 Å². The van der Waals surface area contributed by atoms with Gasteiger partial charge in [-0.3, -0.25) is 4.79 Å². The van der Waals surface area contributed by atoms with Crippen molar-refractivity contribution in [3.63, 3.8) is 0 Å². The Morgan fingerprint density at radius 2 is 1.88 bits per heavy atom. The maximum atomic E-state index is 13.1. The first-order valence-electron chi connectivity index (χ1n) is 8.70. The lowest BCUT2D eigenvalue weighted by molar-refractivity contribution is -0.124. The molecular formula is C19H24FN3O3. The van der Waals surface area contributed by atoms with Crippen molar-refractivity contribution >= 4 is 11.9 Å². The van der Waals surface area contributed by atoms with Crippen LogP contribution < -0.4 is 5.32 Å². The number of hydrogen-bond donors (Lipinski definition) is 1. The number of aromatic nitrogens is 2. The van der Waals surface area contributed by atoms with E-state index in [4.69, 9.17) is 4.74 Å². The summed E-state index contributed by atoms with van der Waals surface area (Å²) in [6.07, 6.45) is 3.02. The second-order valence-corrected chi connectivity index (χ2v) is 6.07. The van der Waals surface area contributed by atoms with Crippen LogP contribution in [0.15, 0.2) is 24.3 Å². The number of unbranched alkanes of at least 4 members (excludes halogenated alkanes) is 2. The van der Waals surface area contributed by atoms with Crippen LogP contribution in [0.25, 0.3) is 5.69 Å². The molecule has 1 aromatic heterocycles. The molecule has 6 nitrogen and oxygen atoms in total. The summed E-state index contributed by atoms with van der Waals surface area (Å²) in [4.78, 5) is 24.1. The molecule has 26 heavy (non-hydrogen) atoms. The van der Waals surface area contributed by atoms with Crippen molar-refractivity contribution in [3.05, 3.63) is 47.0 Å². The Bertz CT molecular complexity index is 769. The lowest BCUT2D eigenvalue weighted by atomic mass is 10.2. The molecular weight excluding hydrogens is 337 g/mol. The minimum absolute atomic E-state index is 0.313. The first-order valence-corrected chi connectivity index (χ1v) is 8.70. The molecule has 2 aromatic rings. The van der Waals surface area contributed by atoms with Gasteiger partial charge in [-0.1, -0.05) is 19.8 Å². The van der Waals surface area contributed by atoms with Crippen molar-refractivity contribution in [2.24, 2.45) is 0 Å².